The highest BCUT2D eigenvalue weighted by atomic mass is 32.2. The molecule has 1 N–H and O–H groups in total. The highest BCUT2D eigenvalue weighted by Gasteiger charge is 2.21. The molecule has 0 bridgehead atoms. The van der Waals surface area contributed by atoms with Crippen molar-refractivity contribution in [2.24, 2.45) is 0 Å². The smallest absolute Gasteiger partial charge is 0.308 e. The number of nitrogens with one attached hydrogen (secondary N) is 1. The van der Waals surface area contributed by atoms with Gasteiger partial charge in [-0.15, -0.1) is 0 Å². The average molecular weight is 405 g/mol. The van der Waals surface area contributed by atoms with Gasteiger partial charge in [0, 0.05) is 13.2 Å². The summed E-state index contributed by atoms with van der Waals surface area (Å²) in [7, 11) is -3.64. The molecule has 1 fully saturated rings. The van der Waals surface area contributed by atoms with Crippen molar-refractivity contribution >= 4 is 31.6 Å². The zero-order valence-corrected chi connectivity index (χ0v) is 16.3. The lowest BCUT2D eigenvalue weighted by Gasteiger charge is -2.11. The van der Waals surface area contributed by atoms with E-state index < -0.39 is 10.0 Å². The van der Waals surface area contributed by atoms with Crippen LogP contribution in [0, 0.1) is 0 Å². The molecule has 0 aliphatic carbocycles. The number of benzene rings is 2. The Kier molecular flexibility index (Phi) is 5.14. The van der Waals surface area contributed by atoms with Gasteiger partial charge in [0.1, 0.15) is 0 Å². The van der Waals surface area contributed by atoms with Crippen molar-refractivity contribution in [3.05, 3.63) is 63.8 Å². The van der Waals surface area contributed by atoms with E-state index in [1.807, 2.05) is 30.3 Å². The molecule has 4 rings (SSSR count). The topological polar surface area (TPSA) is 77.4 Å². The van der Waals surface area contributed by atoms with Crippen molar-refractivity contribution in [3.8, 4) is 0 Å². The van der Waals surface area contributed by atoms with Gasteiger partial charge in [-0.1, -0.05) is 41.7 Å². The van der Waals surface area contributed by atoms with Gasteiger partial charge in [0.25, 0.3) is 0 Å². The molecule has 142 valence electrons. The van der Waals surface area contributed by atoms with Crippen LogP contribution in [0.3, 0.4) is 0 Å². The van der Waals surface area contributed by atoms with Crippen LogP contribution in [0.4, 0.5) is 0 Å². The van der Waals surface area contributed by atoms with Gasteiger partial charge in [-0.25, -0.2) is 13.1 Å². The second kappa shape index (κ2) is 7.55. The number of sulfonamides is 1. The van der Waals surface area contributed by atoms with Crippen molar-refractivity contribution in [2.45, 2.75) is 30.4 Å². The first-order valence-electron chi connectivity index (χ1n) is 8.81. The SMILES string of the molecule is O=c1sc2cc(S(=O)(=O)NC[C@@H]3CCCO3)ccc2n1Cc1ccccc1. The van der Waals surface area contributed by atoms with E-state index in [1.54, 1.807) is 22.8 Å². The fourth-order valence-corrected chi connectivity index (χ4v) is 5.32. The predicted molar refractivity (Wildman–Crippen MR) is 106 cm³/mol. The average Bonchev–Trinajstić information content (AvgIpc) is 3.29. The number of rotatable bonds is 6. The van der Waals surface area contributed by atoms with Crippen LogP contribution in [0.15, 0.2) is 58.2 Å². The second-order valence-electron chi connectivity index (χ2n) is 6.56. The molecule has 1 aromatic heterocycles. The second-order valence-corrected chi connectivity index (χ2v) is 9.32. The third kappa shape index (κ3) is 3.98. The Morgan fingerprint density at radius 3 is 2.74 bits per heavy atom. The fraction of sp³-hybridized carbons (Fsp3) is 0.316. The molecule has 2 heterocycles. The fourth-order valence-electron chi connectivity index (χ4n) is 3.22. The van der Waals surface area contributed by atoms with Crippen molar-refractivity contribution < 1.29 is 13.2 Å². The lowest BCUT2D eigenvalue weighted by molar-refractivity contribution is 0.114. The molecule has 1 aliphatic heterocycles. The van der Waals surface area contributed by atoms with E-state index in [0.29, 0.717) is 17.9 Å². The number of hydrogen-bond donors (Lipinski definition) is 1. The quantitative estimate of drug-likeness (QED) is 0.685. The first-order valence-corrected chi connectivity index (χ1v) is 11.1. The normalized spacial score (nSPS) is 17.6. The number of aromatic nitrogens is 1. The lowest BCUT2D eigenvalue weighted by Crippen LogP contribution is -2.31. The maximum Gasteiger partial charge on any atom is 0.308 e. The summed E-state index contributed by atoms with van der Waals surface area (Å²) in [4.78, 5) is 12.5. The summed E-state index contributed by atoms with van der Waals surface area (Å²) in [6, 6.07) is 14.5. The van der Waals surface area contributed by atoms with Gasteiger partial charge >= 0.3 is 4.87 Å². The third-order valence-corrected chi connectivity index (χ3v) is 7.02. The molecule has 27 heavy (non-hydrogen) atoms. The number of fused-ring (bicyclic) bond motifs is 1. The Labute approximate surface area is 161 Å². The lowest BCUT2D eigenvalue weighted by atomic mass is 10.2. The summed E-state index contributed by atoms with van der Waals surface area (Å²) in [5.41, 5.74) is 1.76. The van der Waals surface area contributed by atoms with Gasteiger partial charge < -0.3 is 4.74 Å². The first kappa shape index (κ1) is 18.4. The van der Waals surface area contributed by atoms with Gasteiger partial charge in [0.05, 0.1) is 27.8 Å². The molecule has 0 saturated carbocycles. The van der Waals surface area contributed by atoms with E-state index >= 15 is 0 Å². The van der Waals surface area contributed by atoms with Crippen LogP contribution >= 0.6 is 11.3 Å². The summed E-state index contributed by atoms with van der Waals surface area (Å²) >= 11 is 1.06. The largest absolute Gasteiger partial charge is 0.377 e. The van der Waals surface area contributed by atoms with Gasteiger partial charge in [0.15, 0.2) is 0 Å². The maximum atomic E-state index is 12.6. The minimum Gasteiger partial charge on any atom is -0.377 e. The van der Waals surface area contributed by atoms with Crippen LogP contribution in [0.2, 0.25) is 0 Å². The molecule has 1 aliphatic rings. The van der Waals surface area contributed by atoms with E-state index in [4.69, 9.17) is 4.74 Å². The molecule has 3 aromatic rings. The molecule has 0 radical (unpaired) electrons. The summed E-state index contributed by atoms with van der Waals surface area (Å²) in [5.74, 6) is 0. The summed E-state index contributed by atoms with van der Waals surface area (Å²) < 4.78 is 35.5. The maximum absolute atomic E-state index is 12.6. The zero-order chi connectivity index (χ0) is 18.9. The van der Waals surface area contributed by atoms with Crippen LogP contribution in [0.25, 0.3) is 10.2 Å². The molecular weight excluding hydrogens is 384 g/mol. The highest BCUT2D eigenvalue weighted by molar-refractivity contribution is 7.89. The van der Waals surface area contributed by atoms with Crippen LogP contribution in [-0.2, 0) is 21.3 Å². The van der Waals surface area contributed by atoms with E-state index in [9.17, 15) is 13.2 Å². The minimum atomic E-state index is -3.64. The summed E-state index contributed by atoms with van der Waals surface area (Å²) in [5, 5.41) is 0. The van der Waals surface area contributed by atoms with Crippen molar-refractivity contribution in [2.75, 3.05) is 13.2 Å². The molecular formula is C19H20N2O4S2. The molecule has 6 nitrogen and oxygen atoms in total. The standard InChI is InChI=1S/C19H20N2O4S2/c22-19-21(13-14-5-2-1-3-6-14)17-9-8-16(11-18(17)26-19)27(23,24)20-12-15-7-4-10-25-15/h1-3,5-6,8-9,11,15,20H,4,7,10,12-13H2/t15-/m0/s1. The molecule has 1 atom stereocenters. The highest BCUT2D eigenvalue weighted by Crippen LogP contribution is 2.23. The Balaban J connectivity index is 1.60. The van der Waals surface area contributed by atoms with Gasteiger partial charge in [-0.05, 0) is 36.6 Å². The van der Waals surface area contributed by atoms with Crippen LogP contribution in [0.1, 0.15) is 18.4 Å². The van der Waals surface area contributed by atoms with E-state index in [1.165, 1.54) is 0 Å². The van der Waals surface area contributed by atoms with E-state index in [0.717, 1.165) is 35.3 Å². The minimum absolute atomic E-state index is 0.0634. The van der Waals surface area contributed by atoms with Gasteiger partial charge in [0.2, 0.25) is 10.0 Å². The van der Waals surface area contributed by atoms with E-state index in [-0.39, 0.29) is 22.4 Å². The molecule has 0 spiro atoms. The summed E-state index contributed by atoms with van der Waals surface area (Å²) in [6.45, 7) is 1.41. The van der Waals surface area contributed by atoms with Crippen molar-refractivity contribution in [1.29, 1.82) is 0 Å². The molecule has 8 heteroatoms. The summed E-state index contributed by atoms with van der Waals surface area (Å²) in [6.07, 6.45) is 1.76. The Morgan fingerprint density at radius 2 is 2.00 bits per heavy atom. The predicted octanol–water partition coefficient (Wildman–Crippen LogP) is 2.57. The van der Waals surface area contributed by atoms with Gasteiger partial charge in [-0.2, -0.15) is 0 Å². The molecule has 1 saturated heterocycles. The number of thiazole rings is 1. The number of hydrogen-bond acceptors (Lipinski definition) is 5. The van der Waals surface area contributed by atoms with Crippen LogP contribution in [-0.4, -0.2) is 32.2 Å². The Bertz CT molecular complexity index is 1100. The Morgan fingerprint density at radius 1 is 1.19 bits per heavy atom. The first-order chi connectivity index (χ1) is 13.0. The molecule has 2 aromatic carbocycles. The van der Waals surface area contributed by atoms with Crippen LogP contribution in [0.5, 0.6) is 0 Å². The van der Waals surface area contributed by atoms with Gasteiger partial charge in [-0.3, -0.25) is 9.36 Å². The zero-order valence-electron chi connectivity index (χ0n) is 14.6. The van der Waals surface area contributed by atoms with Crippen molar-refractivity contribution in [3.63, 3.8) is 0 Å². The monoisotopic (exact) mass is 404 g/mol. The number of nitrogens with zero attached hydrogens (tertiary/aromatic N) is 1. The molecule has 0 amide bonds. The number of ether oxygens (including phenoxy) is 1. The molecule has 0 unspecified atom stereocenters. The Hall–Kier alpha value is -2.00. The third-order valence-electron chi connectivity index (χ3n) is 4.66. The van der Waals surface area contributed by atoms with Crippen LogP contribution < -0.4 is 9.60 Å². The van der Waals surface area contributed by atoms with E-state index in [2.05, 4.69) is 4.72 Å². The van der Waals surface area contributed by atoms with Crippen molar-refractivity contribution in [1.82, 2.24) is 9.29 Å².